The second kappa shape index (κ2) is 8.39. The normalized spacial score (nSPS) is 12.2. The van der Waals surface area contributed by atoms with Crippen LogP contribution in [-0.4, -0.2) is 42.9 Å². The van der Waals surface area contributed by atoms with Crippen LogP contribution < -0.4 is 5.32 Å². The van der Waals surface area contributed by atoms with Gasteiger partial charge in [0.05, 0.1) is 0 Å². The van der Waals surface area contributed by atoms with Crippen LogP contribution in [0.25, 0.3) is 0 Å². The molecule has 7 nitrogen and oxygen atoms in total. The van der Waals surface area contributed by atoms with Gasteiger partial charge in [-0.2, -0.15) is 0 Å². The summed E-state index contributed by atoms with van der Waals surface area (Å²) in [6.45, 7) is 8.02. The molecule has 0 unspecified atom stereocenters. The van der Waals surface area contributed by atoms with E-state index < -0.39 is 29.7 Å². The van der Waals surface area contributed by atoms with Crippen molar-refractivity contribution in [2.45, 2.75) is 52.7 Å². The summed E-state index contributed by atoms with van der Waals surface area (Å²) in [7, 11) is 0. The first-order valence-electron chi connectivity index (χ1n) is 6.37. The molecule has 0 saturated heterocycles. The summed E-state index contributed by atoms with van der Waals surface area (Å²) in [6, 6.07) is 0. The van der Waals surface area contributed by atoms with Crippen LogP contribution in [0.15, 0.2) is 0 Å². The van der Waals surface area contributed by atoms with Crippen LogP contribution in [0.1, 0.15) is 41.0 Å². The molecule has 20 heavy (non-hydrogen) atoms. The Hall–Kier alpha value is -1.79. The zero-order valence-electron chi connectivity index (χ0n) is 12.6. The van der Waals surface area contributed by atoms with Gasteiger partial charge in [0.15, 0.2) is 0 Å². The maximum atomic E-state index is 11.4. The maximum absolute atomic E-state index is 11.4. The molecular weight excluding hydrogens is 266 g/mol. The average Bonchev–Trinajstić information content (AvgIpc) is 2.22. The van der Waals surface area contributed by atoms with Crippen molar-refractivity contribution in [2.24, 2.45) is 0 Å². The monoisotopic (exact) mass is 289 g/mol. The lowest BCUT2D eigenvalue weighted by molar-refractivity contribution is -0.156. The van der Waals surface area contributed by atoms with Gasteiger partial charge in [-0.25, -0.2) is 4.79 Å². The van der Waals surface area contributed by atoms with Crippen molar-refractivity contribution < 1.29 is 28.6 Å². The number of carbonyl (C=O) groups is 3. The molecule has 1 atom stereocenters. The van der Waals surface area contributed by atoms with Crippen molar-refractivity contribution in [3.8, 4) is 0 Å². The van der Waals surface area contributed by atoms with Gasteiger partial charge in [0.2, 0.25) is 0 Å². The van der Waals surface area contributed by atoms with Crippen LogP contribution >= 0.6 is 0 Å². The molecule has 1 N–H and O–H groups in total. The Morgan fingerprint density at radius 1 is 1.10 bits per heavy atom. The fourth-order valence-corrected chi connectivity index (χ4v) is 1.27. The van der Waals surface area contributed by atoms with Crippen molar-refractivity contribution in [1.82, 2.24) is 5.32 Å². The topological polar surface area (TPSA) is 90.9 Å². The molecule has 0 spiro atoms. The average molecular weight is 289 g/mol. The Labute approximate surface area is 118 Å². The first-order chi connectivity index (χ1) is 9.10. The predicted octanol–water partition coefficient (Wildman–Crippen LogP) is 1.40. The lowest BCUT2D eigenvalue weighted by Gasteiger charge is -2.20. The van der Waals surface area contributed by atoms with Crippen molar-refractivity contribution in [3.05, 3.63) is 0 Å². The molecule has 0 aromatic carbocycles. The molecule has 1 amide bonds. The number of carbonyl (C=O) groups excluding carboxylic acids is 3. The van der Waals surface area contributed by atoms with Gasteiger partial charge in [0.25, 0.3) is 0 Å². The van der Waals surface area contributed by atoms with E-state index in [1.165, 1.54) is 13.8 Å². The van der Waals surface area contributed by atoms with E-state index in [0.29, 0.717) is 6.42 Å². The molecule has 0 aromatic heterocycles. The maximum Gasteiger partial charge on any atom is 0.407 e. The molecule has 0 aliphatic carbocycles. The number of esters is 2. The number of rotatable bonds is 6. The highest BCUT2D eigenvalue weighted by Gasteiger charge is 2.17. The highest BCUT2D eigenvalue weighted by atomic mass is 16.6. The second-order valence-corrected chi connectivity index (χ2v) is 5.25. The molecule has 0 aromatic rings. The molecule has 0 heterocycles. The van der Waals surface area contributed by atoms with Crippen LogP contribution in [-0.2, 0) is 23.8 Å². The number of hydrogen-bond donors (Lipinski definition) is 1. The third-order valence-corrected chi connectivity index (χ3v) is 1.94. The number of amides is 1. The van der Waals surface area contributed by atoms with Gasteiger partial charge in [-0.1, -0.05) is 0 Å². The number of hydrogen-bond acceptors (Lipinski definition) is 6. The van der Waals surface area contributed by atoms with Gasteiger partial charge in [0, 0.05) is 26.8 Å². The van der Waals surface area contributed by atoms with E-state index in [1.54, 1.807) is 20.8 Å². The van der Waals surface area contributed by atoms with Crippen molar-refractivity contribution in [3.63, 3.8) is 0 Å². The van der Waals surface area contributed by atoms with E-state index >= 15 is 0 Å². The first kappa shape index (κ1) is 18.2. The lowest BCUT2D eigenvalue weighted by atomic mass is 10.2. The highest BCUT2D eigenvalue weighted by molar-refractivity contribution is 5.68. The minimum atomic E-state index is -0.591. The van der Waals surface area contributed by atoms with E-state index in [-0.39, 0.29) is 13.2 Å². The highest BCUT2D eigenvalue weighted by Crippen LogP contribution is 2.06. The Bertz CT molecular complexity index is 347. The summed E-state index contributed by atoms with van der Waals surface area (Å²) in [5.74, 6) is -0.929. The van der Waals surface area contributed by atoms with Gasteiger partial charge in [-0.15, -0.1) is 0 Å². The third-order valence-electron chi connectivity index (χ3n) is 1.94. The van der Waals surface area contributed by atoms with E-state index in [4.69, 9.17) is 14.2 Å². The minimum Gasteiger partial charge on any atom is -0.462 e. The molecule has 0 fully saturated rings. The summed E-state index contributed by atoms with van der Waals surface area (Å²) in [4.78, 5) is 33.0. The van der Waals surface area contributed by atoms with Crippen LogP contribution in [0.3, 0.4) is 0 Å². The van der Waals surface area contributed by atoms with E-state index in [1.807, 2.05) is 0 Å². The van der Waals surface area contributed by atoms with Crippen LogP contribution in [0.5, 0.6) is 0 Å². The van der Waals surface area contributed by atoms with Crippen molar-refractivity contribution >= 4 is 18.0 Å². The summed E-state index contributed by atoms with van der Waals surface area (Å²) < 4.78 is 14.8. The van der Waals surface area contributed by atoms with Gasteiger partial charge in [0.1, 0.15) is 18.3 Å². The molecule has 0 radical (unpaired) electrons. The Balaban J connectivity index is 4.09. The van der Waals surface area contributed by atoms with Crippen LogP contribution in [0, 0.1) is 0 Å². The number of ether oxygens (including phenoxy) is 3. The first-order valence-corrected chi connectivity index (χ1v) is 6.37. The SMILES string of the molecule is CC(=O)OC[C@@H](CCNC(=O)OC(C)(C)C)OC(C)=O. The van der Waals surface area contributed by atoms with Crippen molar-refractivity contribution in [1.29, 1.82) is 0 Å². The molecule has 0 bridgehead atoms. The zero-order valence-corrected chi connectivity index (χ0v) is 12.6. The summed E-state index contributed by atoms with van der Waals surface area (Å²) in [5, 5.41) is 2.54. The van der Waals surface area contributed by atoms with Gasteiger partial charge in [-0.3, -0.25) is 9.59 Å². The number of nitrogens with one attached hydrogen (secondary N) is 1. The van der Waals surface area contributed by atoms with E-state index in [9.17, 15) is 14.4 Å². The van der Waals surface area contributed by atoms with Crippen molar-refractivity contribution in [2.75, 3.05) is 13.2 Å². The van der Waals surface area contributed by atoms with Crippen LogP contribution in [0.2, 0.25) is 0 Å². The quantitative estimate of drug-likeness (QED) is 0.587. The predicted molar refractivity (Wildman–Crippen MR) is 71.0 cm³/mol. The Morgan fingerprint density at radius 2 is 1.70 bits per heavy atom. The fourth-order valence-electron chi connectivity index (χ4n) is 1.27. The number of alkyl carbamates (subject to hydrolysis) is 1. The molecule has 0 aliphatic rings. The smallest absolute Gasteiger partial charge is 0.407 e. The molecular formula is C13H23NO6. The Morgan fingerprint density at radius 3 is 2.15 bits per heavy atom. The molecule has 116 valence electrons. The Kier molecular flexibility index (Phi) is 7.64. The summed E-state index contributed by atoms with van der Waals surface area (Å²) >= 11 is 0. The molecule has 0 rings (SSSR count). The second-order valence-electron chi connectivity index (χ2n) is 5.25. The summed E-state index contributed by atoms with van der Waals surface area (Å²) in [5.41, 5.74) is -0.572. The molecule has 0 saturated carbocycles. The van der Waals surface area contributed by atoms with Gasteiger partial charge >= 0.3 is 18.0 Å². The lowest BCUT2D eigenvalue weighted by Crippen LogP contribution is -2.35. The minimum absolute atomic E-state index is 0.0368. The third kappa shape index (κ3) is 11.3. The van der Waals surface area contributed by atoms with E-state index in [2.05, 4.69) is 5.32 Å². The van der Waals surface area contributed by atoms with Gasteiger partial charge < -0.3 is 19.5 Å². The molecule has 0 aliphatic heterocycles. The van der Waals surface area contributed by atoms with Crippen LogP contribution in [0.4, 0.5) is 4.79 Å². The largest absolute Gasteiger partial charge is 0.462 e. The summed E-state index contributed by atoms with van der Waals surface area (Å²) in [6.07, 6.45) is -0.815. The zero-order chi connectivity index (χ0) is 15.8. The molecule has 7 heteroatoms. The van der Waals surface area contributed by atoms with Gasteiger partial charge in [-0.05, 0) is 20.8 Å². The van der Waals surface area contributed by atoms with E-state index in [0.717, 1.165) is 0 Å². The fraction of sp³-hybridized carbons (Fsp3) is 0.769. The standard InChI is InChI=1S/C13H23NO6/c1-9(15)18-8-11(19-10(2)16)6-7-14-12(17)20-13(3,4)5/h11H,6-8H2,1-5H3,(H,14,17)/t11-/m1/s1.